The maximum Gasteiger partial charge on any atom is 0.338 e. The van der Waals surface area contributed by atoms with Crippen LogP contribution in [-0.4, -0.2) is 43.7 Å². The predicted octanol–water partition coefficient (Wildman–Crippen LogP) is 3.15. The number of esters is 1. The predicted molar refractivity (Wildman–Crippen MR) is 109 cm³/mol. The Morgan fingerprint density at radius 2 is 1.67 bits per heavy atom. The summed E-state index contributed by atoms with van der Waals surface area (Å²) in [5.41, 5.74) is 0.503. The Morgan fingerprint density at radius 3 is 2.30 bits per heavy atom. The van der Waals surface area contributed by atoms with Crippen molar-refractivity contribution in [2.45, 2.75) is 20.3 Å². The molecule has 0 aliphatic heterocycles. The molecule has 0 spiro atoms. The van der Waals surface area contributed by atoms with Crippen molar-refractivity contribution in [1.29, 1.82) is 0 Å². The molecule has 1 N–H and O–H groups in total. The molecule has 0 aromatic heterocycles. The average Bonchev–Trinajstić information content (AvgIpc) is 2.74. The van der Waals surface area contributed by atoms with Gasteiger partial charge in [-0.2, -0.15) is 0 Å². The third kappa shape index (κ3) is 5.94. The van der Waals surface area contributed by atoms with E-state index in [1.807, 2.05) is 32.0 Å². The highest BCUT2D eigenvalue weighted by Crippen LogP contribution is 2.28. The van der Waals surface area contributed by atoms with Crippen LogP contribution in [0.25, 0.3) is 0 Å². The largest absolute Gasteiger partial charge is 0.490 e. The van der Waals surface area contributed by atoms with Gasteiger partial charge in [0.05, 0.1) is 30.8 Å². The van der Waals surface area contributed by atoms with Gasteiger partial charge >= 0.3 is 5.97 Å². The number of amides is 1. The Balaban J connectivity index is 2.09. The molecule has 0 heterocycles. The lowest BCUT2D eigenvalue weighted by Crippen LogP contribution is -2.26. The zero-order chi connectivity index (χ0) is 22.1. The summed E-state index contributed by atoms with van der Waals surface area (Å²) in [7, 11) is 1.16. The van der Waals surface area contributed by atoms with E-state index in [1.165, 1.54) is 6.07 Å². The molecule has 0 atom stereocenters. The molecule has 2 rings (SSSR count). The number of hydrogen-bond donors (Lipinski definition) is 1. The van der Waals surface area contributed by atoms with E-state index in [0.717, 1.165) is 24.8 Å². The van der Waals surface area contributed by atoms with Gasteiger partial charge < -0.3 is 19.5 Å². The van der Waals surface area contributed by atoms with Crippen molar-refractivity contribution in [3.8, 4) is 11.5 Å². The van der Waals surface area contributed by atoms with Gasteiger partial charge in [0.2, 0.25) is 0 Å². The number of non-ortho nitro benzene ring substituents is 1. The van der Waals surface area contributed by atoms with Gasteiger partial charge in [0, 0.05) is 24.2 Å². The lowest BCUT2D eigenvalue weighted by Gasteiger charge is -2.13. The monoisotopic (exact) mass is 416 g/mol. The highest BCUT2D eigenvalue weighted by Gasteiger charge is 2.18. The van der Waals surface area contributed by atoms with E-state index < -0.39 is 16.8 Å². The second kappa shape index (κ2) is 10.8. The van der Waals surface area contributed by atoms with Crippen LogP contribution in [0.1, 0.15) is 40.1 Å². The van der Waals surface area contributed by atoms with E-state index in [4.69, 9.17) is 9.47 Å². The second-order valence-corrected chi connectivity index (χ2v) is 6.17. The maximum absolute atomic E-state index is 12.5. The molecule has 9 nitrogen and oxygen atoms in total. The third-order valence-corrected chi connectivity index (χ3v) is 4.12. The topological polar surface area (TPSA) is 117 Å². The summed E-state index contributed by atoms with van der Waals surface area (Å²) >= 11 is 0. The number of nitro benzene ring substituents is 1. The lowest BCUT2D eigenvalue weighted by atomic mass is 10.1. The van der Waals surface area contributed by atoms with Crippen LogP contribution in [0.15, 0.2) is 36.4 Å². The molecule has 0 aliphatic rings. The number of nitrogens with zero attached hydrogens (tertiary/aromatic N) is 1. The Bertz CT molecular complexity index is 928. The van der Waals surface area contributed by atoms with Gasteiger partial charge in [0.25, 0.3) is 11.6 Å². The summed E-state index contributed by atoms with van der Waals surface area (Å²) in [5.74, 6) is -0.00550. The molecule has 0 fully saturated rings. The normalized spacial score (nSPS) is 10.2. The second-order valence-electron chi connectivity index (χ2n) is 6.17. The van der Waals surface area contributed by atoms with Crippen LogP contribution in [0, 0.1) is 10.1 Å². The summed E-state index contributed by atoms with van der Waals surface area (Å²) < 4.78 is 15.7. The van der Waals surface area contributed by atoms with E-state index in [2.05, 4.69) is 10.1 Å². The van der Waals surface area contributed by atoms with Gasteiger partial charge in [-0.3, -0.25) is 14.9 Å². The number of carbonyl (C=O) groups excluding carboxylic acids is 2. The van der Waals surface area contributed by atoms with Gasteiger partial charge in [-0.1, -0.05) is 6.07 Å². The Hall–Kier alpha value is -3.62. The van der Waals surface area contributed by atoms with Crippen molar-refractivity contribution in [3.05, 3.63) is 63.2 Å². The van der Waals surface area contributed by atoms with E-state index in [1.54, 1.807) is 0 Å². The molecule has 2 aromatic carbocycles. The van der Waals surface area contributed by atoms with E-state index >= 15 is 0 Å². The number of ether oxygens (including phenoxy) is 3. The minimum absolute atomic E-state index is 0.00583. The summed E-state index contributed by atoms with van der Waals surface area (Å²) in [6.45, 7) is 5.07. The molecule has 1 amide bonds. The fourth-order valence-corrected chi connectivity index (χ4v) is 2.76. The van der Waals surface area contributed by atoms with E-state index in [9.17, 15) is 19.7 Å². The van der Waals surface area contributed by atoms with Crippen molar-refractivity contribution < 1.29 is 28.7 Å². The van der Waals surface area contributed by atoms with Gasteiger partial charge in [0.1, 0.15) is 0 Å². The highest BCUT2D eigenvalue weighted by atomic mass is 16.6. The lowest BCUT2D eigenvalue weighted by molar-refractivity contribution is -0.384. The summed E-state index contributed by atoms with van der Waals surface area (Å²) in [5, 5.41) is 13.8. The summed E-state index contributed by atoms with van der Waals surface area (Å²) in [6, 6.07) is 8.99. The summed E-state index contributed by atoms with van der Waals surface area (Å²) in [6.07, 6.45) is 0.511. The van der Waals surface area contributed by atoms with Gasteiger partial charge in [0.15, 0.2) is 11.5 Å². The molecule has 0 saturated carbocycles. The van der Waals surface area contributed by atoms with E-state index in [0.29, 0.717) is 31.1 Å². The highest BCUT2D eigenvalue weighted by molar-refractivity contribution is 5.98. The zero-order valence-corrected chi connectivity index (χ0v) is 17.1. The molecule has 9 heteroatoms. The van der Waals surface area contributed by atoms with Crippen LogP contribution in [0.2, 0.25) is 0 Å². The third-order valence-electron chi connectivity index (χ3n) is 4.12. The summed E-state index contributed by atoms with van der Waals surface area (Å²) in [4.78, 5) is 34.6. The minimum Gasteiger partial charge on any atom is -0.490 e. The molecule has 0 aliphatic carbocycles. The van der Waals surface area contributed by atoms with Crippen LogP contribution < -0.4 is 14.8 Å². The van der Waals surface area contributed by atoms with Crippen molar-refractivity contribution in [2.24, 2.45) is 0 Å². The van der Waals surface area contributed by atoms with E-state index in [-0.39, 0.29) is 23.4 Å². The maximum atomic E-state index is 12.5. The average molecular weight is 416 g/mol. The van der Waals surface area contributed by atoms with Crippen molar-refractivity contribution in [2.75, 3.05) is 26.9 Å². The van der Waals surface area contributed by atoms with Gasteiger partial charge in [-0.05, 0) is 44.0 Å². The first-order valence-electron chi connectivity index (χ1n) is 9.44. The number of rotatable bonds is 10. The first-order chi connectivity index (χ1) is 14.4. The number of nitrogens with one attached hydrogen (secondary N) is 1. The standard InChI is InChI=1S/C21H24N2O7/c1-4-29-18-7-6-14(10-19(18)30-5-2)8-9-22-20(24)15-11-16(21(25)28-3)13-17(12-15)23(26)27/h6-7,10-13H,4-5,8-9H2,1-3H3,(H,22,24). The number of nitro groups is 1. The SMILES string of the molecule is CCOc1ccc(CCNC(=O)c2cc(C(=O)OC)cc([N+](=O)[O-])c2)cc1OCC. The molecule has 2 aromatic rings. The van der Waals surface area contributed by atoms with Gasteiger partial charge in [-0.25, -0.2) is 4.79 Å². The minimum atomic E-state index is -0.759. The fourth-order valence-electron chi connectivity index (χ4n) is 2.76. The smallest absolute Gasteiger partial charge is 0.338 e. The molecule has 0 unspecified atom stereocenters. The fraction of sp³-hybridized carbons (Fsp3) is 0.333. The van der Waals surface area contributed by atoms with Crippen molar-refractivity contribution >= 4 is 17.6 Å². The first kappa shape index (κ1) is 22.7. The number of carbonyl (C=O) groups is 2. The Labute approximate surface area is 174 Å². The Kier molecular flexibility index (Phi) is 8.16. The number of benzene rings is 2. The van der Waals surface area contributed by atoms with Crippen LogP contribution in [0.4, 0.5) is 5.69 Å². The van der Waals surface area contributed by atoms with Crippen LogP contribution in [0.3, 0.4) is 0 Å². The van der Waals surface area contributed by atoms with Crippen LogP contribution in [0.5, 0.6) is 11.5 Å². The molecule has 0 bridgehead atoms. The Morgan fingerprint density at radius 1 is 1.00 bits per heavy atom. The molecule has 160 valence electrons. The number of hydrogen-bond acceptors (Lipinski definition) is 7. The van der Waals surface area contributed by atoms with Crippen LogP contribution in [-0.2, 0) is 11.2 Å². The molecule has 0 saturated heterocycles. The molecule has 0 radical (unpaired) electrons. The van der Waals surface area contributed by atoms with Crippen molar-refractivity contribution in [3.63, 3.8) is 0 Å². The zero-order valence-electron chi connectivity index (χ0n) is 17.1. The quantitative estimate of drug-likeness (QED) is 0.359. The van der Waals surface area contributed by atoms with Crippen molar-refractivity contribution in [1.82, 2.24) is 5.32 Å². The first-order valence-corrected chi connectivity index (χ1v) is 9.44. The van der Waals surface area contributed by atoms with Gasteiger partial charge in [-0.15, -0.1) is 0 Å². The molecular formula is C21H24N2O7. The molecule has 30 heavy (non-hydrogen) atoms. The number of methoxy groups -OCH3 is 1. The van der Waals surface area contributed by atoms with Crippen LogP contribution >= 0.6 is 0 Å². The molecular weight excluding hydrogens is 392 g/mol.